The van der Waals surface area contributed by atoms with Crippen molar-refractivity contribution < 1.29 is 9.90 Å². The van der Waals surface area contributed by atoms with Crippen LogP contribution in [0.15, 0.2) is 0 Å². The second kappa shape index (κ2) is 4.42. The molecule has 0 aromatic heterocycles. The quantitative estimate of drug-likeness (QED) is 0.550. The van der Waals surface area contributed by atoms with Crippen molar-refractivity contribution in [3.63, 3.8) is 0 Å². The maximum atomic E-state index is 11.1. The summed E-state index contributed by atoms with van der Waals surface area (Å²) >= 11 is 0. The van der Waals surface area contributed by atoms with Crippen molar-refractivity contribution in [3.8, 4) is 0 Å². The summed E-state index contributed by atoms with van der Waals surface area (Å²) in [7, 11) is 0. The van der Waals surface area contributed by atoms with Crippen LogP contribution in [0.3, 0.4) is 0 Å². The Kier molecular flexibility index (Phi) is 3.49. The molecular formula is C8H16N2O2. The van der Waals surface area contributed by atoms with Crippen LogP contribution in [-0.2, 0) is 4.79 Å². The molecule has 1 unspecified atom stereocenters. The van der Waals surface area contributed by atoms with Gasteiger partial charge in [0.05, 0.1) is 12.6 Å². The molecule has 1 rings (SSSR count). The lowest BCUT2D eigenvalue weighted by Gasteiger charge is -2.18. The minimum absolute atomic E-state index is 0.0101. The van der Waals surface area contributed by atoms with Gasteiger partial charge in [0.15, 0.2) is 0 Å². The Morgan fingerprint density at radius 2 is 2.25 bits per heavy atom. The van der Waals surface area contributed by atoms with Crippen LogP contribution >= 0.6 is 0 Å². The predicted octanol–water partition coefficient (Wildman–Crippen LogP) is -0.681. The lowest BCUT2D eigenvalue weighted by atomic mass is 10.2. The third kappa shape index (κ3) is 2.46. The lowest BCUT2D eigenvalue weighted by Crippen LogP contribution is -2.36. The van der Waals surface area contributed by atoms with Crippen LogP contribution in [0, 0.1) is 0 Å². The van der Waals surface area contributed by atoms with Gasteiger partial charge in [-0.25, -0.2) is 0 Å². The summed E-state index contributed by atoms with van der Waals surface area (Å²) in [6.45, 7) is 1.47. The third-order valence-electron chi connectivity index (χ3n) is 2.22. The van der Waals surface area contributed by atoms with Crippen LogP contribution in [0.1, 0.15) is 19.3 Å². The molecule has 3 N–H and O–H groups in total. The molecule has 1 heterocycles. The van der Waals surface area contributed by atoms with Gasteiger partial charge in [-0.3, -0.25) is 4.79 Å². The Labute approximate surface area is 72.3 Å². The van der Waals surface area contributed by atoms with E-state index in [1.807, 2.05) is 0 Å². The van der Waals surface area contributed by atoms with E-state index < -0.39 is 0 Å². The van der Waals surface area contributed by atoms with E-state index >= 15 is 0 Å². The fourth-order valence-electron chi connectivity index (χ4n) is 1.46. The zero-order chi connectivity index (χ0) is 8.97. The summed E-state index contributed by atoms with van der Waals surface area (Å²) in [6, 6.07) is 0. The van der Waals surface area contributed by atoms with Gasteiger partial charge in [-0.15, -0.1) is 0 Å². The summed E-state index contributed by atoms with van der Waals surface area (Å²) < 4.78 is 0. The van der Waals surface area contributed by atoms with E-state index in [9.17, 15) is 9.90 Å². The van der Waals surface area contributed by atoms with E-state index in [0.717, 1.165) is 19.4 Å². The van der Waals surface area contributed by atoms with Crippen LogP contribution < -0.4 is 5.73 Å². The normalized spacial score (nSPS) is 25.2. The van der Waals surface area contributed by atoms with Gasteiger partial charge >= 0.3 is 0 Å². The number of carbonyl (C=O) groups excluding carboxylic acids is 1. The van der Waals surface area contributed by atoms with Gasteiger partial charge in [0.2, 0.25) is 5.91 Å². The number of hydrogen-bond donors (Lipinski definition) is 2. The van der Waals surface area contributed by atoms with Gasteiger partial charge in [-0.1, -0.05) is 0 Å². The molecule has 4 nitrogen and oxygen atoms in total. The fourth-order valence-corrected chi connectivity index (χ4v) is 1.46. The van der Waals surface area contributed by atoms with Gasteiger partial charge in [0.25, 0.3) is 0 Å². The first-order chi connectivity index (χ1) is 5.74. The van der Waals surface area contributed by atoms with Crippen LogP contribution in [-0.4, -0.2) is 41.7 Å². The van der Waals surface area contributed by atoms with Crippen molar-refractivity contribution in [1.82, 2.24) is 4.90 Å². The summed E-state index contributed by atoms with van der Waals surface area (Å²) in [6.07, 6.45) is 2.13. The van der Waals surface area contributed by atoms with Crippen LogP contribution in [0.2, 0.25) is 0 Å². The molecule has 0 spiro atoms. The number of nitrogens with two attached hydrogens (primary N) is 1. The van der Waals surface area contributed by atoms with E-state index in [4.69, 9.17) is 5.73 Å². The summed E-state index contributed by atoms with van der Waals surface area (Å²) in [5.41, 5.74) is 5.23. The van der Waals surface area contributed by atoms with Crippen LogP contribution in [0.4, 0.5) is 0 Å². The van der Waals surface area contributed by atoms with Gasteiger partial charge < -0.3 is 15.7 Å². The summed E-state index contributed by atoms with van der Waals surface area (Å²) in [5, 5.41) is 9.29. The predicted molar refractivity (Wildman–Crippen MR) is 45.5 cm³/mol. The van der Waals surface area contributed by atoms with E-state index in [2.05, 4.69) is 0 Å². The van der Waals surface area contributed by atoms with E-state index in [0.29, 0.717) is 13.0 Å². The lowest BCUT2D eigenvalue weighted by molar-refractivity contribution is -0.129. The van der Waals surface area contributed by atoms with Crippen molar-refractivity contribution >= 4 is 5.91 Å². The standard InChI is InChI=1S/C8H16N2O2/c9-6-8(12)10-4-1-2-7(11)3-5-10/h7,11H,1-6,9H2. The minimum Gasteiger partial charge on any atom is -0.393 e. The molecule has 12 heavy (non-hydrogen) atoms. The highest BCUT2D eigenvalue weighted by Gasteiger charge is 2.17. The SMILES string of the molecule is NCC(=O)N1CCCC(O)CC1. The highest BCUT2D eigenvalue weighted by molar-refractivity contribution is 5.77. The van der Waals surface area contributed by atoms with Gasteiger partial charge in [0.1, 0.15) is 0 Å². The Balaban J connectivity index is 2.40. The molecule has 1 amide bonds. The van der Waals surface area contributed by atoms with Gasteiger partial charge in [-0.2, -0.15) is 0 Å². The number of rotatable bonds is 1. The Morgan fingerprint density at radius 1 is 1.50 bits per heavy atom. The first-order valence-electron chi connectivity index (χ1n) is 4.40. The molecule has 0 aromatic rings. The molecule has 0 aliphatic carbocycles. The maximum Gasteiger partial charge on any atom is 0.236 e. The number of aliphatic hydroxyl groups is 1. The molecule has 1 aliphatic rings. The third-order valence-corrected chi connectivity index (χ3v) is 2.22. The van der Waals surface area contributed by atoms with Gasteiger partial charge in [-0.05, 0) is 19.3 Å². The van der Waals surface area contributed by atoms with Crippen molar-refractivity contribution in [2.75, 3.05) is 19.6 Å². The maximum absolute atomic E-state index is 11.1. The first kappa shape index (κ1) is 9.48. The molecular weight excluding hydrogens is 156 g/mol. The van der Waals surface area contributed by atoms with Gasteiger partial charge in [0, 0.05) is 13.1 Å². The van der Waals surface area contributed by atoms with Crippen LogP contribution in [0.5, 0.6) is 0 Å². The van der Waals surface area contributed by atoms with Crippen molar-refractivity contribution in [3.05, 3.63) is 0 Å². The number of hydrogen-bond acceptors (Lipinski definition) is 3. The molecule has 1 aliphatic heterocycles. The number of carbonyl (C=O) groups is 1. The summed E-state index contributed by atoms with van der Waals surface area (Å²) in [4.78, 5) is 12.9. The van der Waals surface area contributed by atoms with E-state index in [1.54, 1.807) is 4.90 Å². The Morgan fingerprint density at radius 3 is 2.92 bits per heavy atom. The highest BCUT2D eigenvalue weighted by Crippen LogP contribution is 2.10. The Bertz CT molecular complexity index is 161. The topological polar surface area (TPSA) is 66.6 Å². The number of nitrogens with zero attached hydrogens (tertiary/aromatic N) is 1. The largest absolute Gasteiger partial charge is 0.393 e. The zero-order valence-corrected chi connectivity index (χ0v) is 7.20. The highest BCUT2D eigenvalue weighted by atomic mass is 16.3. The average Bonchev–Trinajstić information content (AvgIpc) is 2.29. The molecule has 1 fully saturated rings. The fraction of sp³-hybridized carbons (Fsp3) is 0.875. The van der Waals surface area contributed by atoms with Crippen molar-refractivity contribution in [2.24, 2.45) is 5.73 Å². The summed E-state index contributed by atoms with van der Waals surface area (Å²) in [5.74, 6) is -0.0101. The van der Waals surface area contributed by atoms with E-state index in [-0.39, 0.29) is 18.6 Å². The number of likely N-dealkylation sites (tertiary alicyclic amines) is 1. The average molecular weight is 172 g/mol. The second-order valence-electron chi connectivity index (χ2n) is 3.17. The smallest absolute Gasteiger partial charge is 0.236 e. The molecule has 0 bridgehead atoms. The van der Waals surface area contributed by atoms with Crippen molar-refractivity contribution in [2.45, 2.75) is 25.4 Å². The molecule has 1 atom stereocenters. The number of aliphatic hydroxyl groups excluding tert-OH is 1. The monoisotopic (exact) mass is 172 g/mol. The molecule has 0 radical (unpaired) electrons. The number of amides is 1. The first-order valence-corrected chi connectivity index (χ1v) is 4.40. The molecule has 0 aromatic carbocycles. The molecule has 70 valence electrons. The van der Waals surface area contributed by atoms with E-state index in [1.165, 1.54) is 0 Å². The molecule has 4 heteroatoms. The zero-order valence-electron chi connectivity index (χ0n) is 7.20. The van der Waals surface area contributed by atoms with Crippen molar-refractivity contribution in [1.29, 1.82) is 0 Å². The molecule has 0 saturated carbocycles. The van der Waals surface area contributed by atoms with Crippen LogP contribution in [0.25, 0.3) is 0 Å². The minimum atomic E-state index is -0.236. The second-order valence-corrected chi connectivity index (χ2v) is 3.17. The molecule has 1 saturated heterocycles. The Hall–Kier alpha value is -0.610.